The average molecular weight is 127 g/mol. The fourth-order valence-electron chi connectivity index (χ4n) is 0.893. The van der Waals surface area contributed by atoms with Crippen molar-refractivity contribution in [2.75, 3.05) is 13.2 Å². The van der Waals surface area contributed by atoms with Crippen LogP contribution in [0.25, 0.3) is 0 Å². The van der Waals surface area contributed by atoms with E-state index in [2.05, 4.69) is 4.99 Å². The highest BCUT2D eigenvalue weighted by molar-refractivity contribution is 5.73. The Hall–Kier alpha value is -0.530. The fourth-order valence-corrected chi connectivity index (χ4v) is 0.893. The summed E-state index contributed by atoms with van der Waals surface area (Å²) < 4.78 is 5.23. The minimum absolute atomic E-state index is 0.856. The molecule has 2 nitrogen and oxygen atoms in total. The van der Waals surface area contributed by atoms with E-state index >= 15 is 0 Å². The Morgan fingerprint density at radius 3 is 3.11 bits per heavy atom. The van der Waals surface area contributed by atoms with Crippen molar-refractivity contribution in [3.05, 3.63) is 0 Å². The summed E-state index contributed by atoms with van der Waals surface area (Å²) in [6, 6.07) is 0. The molecule has 0 N–H and O–H groups in total. The number of aliphatic imine (C=N–C) groups is 1. The molecule has 0 saturated heterocycles. The van der Waals surface area contributed by atoms with Crippen molar-refractivity contribution in [1.82, 2.24) is 0 Å². The van der Waals surface area contributed by atoms with Crippen molar-refractivity contribution in [2.24, 2.45) is 4.99 Å². The topological polar surface area (TPSA) is 21.6 Å². The Balaban J connectivity index is 2.32. The van der Waals surface area contributed by atoms with Crippen molar-refractivity contribution in [2.45, 2.75) is 26.2 Å². The first-order valence-corrected chi connectivity index (χ1v) is 3.53. The molecule has 0 aromatic carbocycles. The second-order valence-electron chi connectivity index (χ2n) is 2.31. The maximum Gasteiger partial charge on any atom is 0.179 e. The Labute approximate surface area is 55.9 Å². The number of rotatable bonds is 0. The standard InChI is InChI=1S/C7H13NO/c1-7-8-5-3-2-4-6-9-7/h2-6H2,1H3. The second-order valence-corrected chi connectivity index (χ2v) is 2.31. The van der Waals surface area contributed by atoms with Crippen molar-refractivity contribution >= 4 is 5.90 Å². The second kappa shape index (κ2) is 3.49. The fraction of sp³-hybridized carbons (Fsp3) is 0.857. The van der Waals surface area contributed by atoms with Gasteiger partial charge in [-0.3, -0.25) is 4.99 Å². The maximum absolute atomic E-state index is 5.23. The van der Waals surface area contributed by atoms with E-state index in [9.17, 15) is 0 Å². The van der Waals surface area contributed by atoms with Crippen LogP contribution in [0.5, 0.6) is 0 Å². The molecule has 0 radical (unpaired) electrons. The van der Waals surface area contributed by atoms with Crippen LogP contribution in [-0.4, -0.2) is 19.0 Å². The van der Waals surface area contributed by atoms with Gasteiger partial charge in [0, 0.05) is 13.5 Å². The highest BCUT2D eigenvalue weighted by Crippen LogP contribution is 2.00. The van der Waals surface area contributed by atoms with Gasteiger partial charge in [0.1, 0.15) is 0 Å². The van der Waals surface area contributed by atoms with E-state index in [1.165, 1.54) is 19.3 Å². The largest absolute Gasteiger partial charge is 0.481 e. The molecule has 1 aliphatic rings. The van der Waals surface area contributed by atoms with Crippen molar-refractivity contribution in [3.63, 3.8) is 0 Å². The van der Waals surface area contributed by atoms with Gasteiger partial charge >= 0.3 is 0 Å². The van der Waals surface area contributed by atoms with E-state index < -0.39 is 0 Å². The van der Waals surface area contributed by atoms with Gasteiger partial charge in [-0.15, -0.1) is 0 Å². The molecule has 0 atom stereocenters. The van der Waals surface area contributed by atoms with E-state index in [-0.39, 0.29) is 0 Å². The van der Waals surface area contributed by atoms with Gasteiger partial charge in [-0.2, -0.15) is 0 Å². The van der Waals surface area contributed by atoms with Gasteiger partial charge < -0.3 is 4.74 Å². The molecule has 1 aliphatic heterocycles. The number of nitrogens with zero attached hydrogens (tertiary/aromatic N) is 1. The zero-order chi connectivity index (χ0) is 6.53. The van der Waals surface area contributed by atoms with Crippen LogP contribution >= 0.6 is 0 Å². The van der Waals surface area contributed by atoms with E-state index in [0.717, 1.165) is 19.0 Å². The molecular formula is C7H13NO. The number of ether oxygens (including phenoxy) is 1. The molecular weight excluding hydrogens is 114 g/mol. The predicted octanol–water partition coefficient (Wildman–Crippen LogP) is 1.61. The lowest BCUT2D eigenvalue weighted by Gasteiger charge is -2.07. The van der Waals surface area contributed by atoms with Gasteiger partial charge in [0.25, 0.3) is 0 Å². The van der Waals surface area contributed by atoms with Crippen LogP contribution in [0.4, 0.5) is 0 Å². The summed E-state index contributed by atoms with van der Waals surface area (Å²) in [7, 11) is 0. The lowest BCUT2D eigenvalue weighted by Crippen LogP contribution is -2.05. The van der Waals surface area contributed by atoms with Crippen LogP contribution in [0.2, 0.25) is 0 Å². The zero-order valence-electron chi connectivity index (χ0n) is 5.89. The molecule has 0 unspecified atom stereocenters. The molecule has 2 heteroatoms. The molecule has 0 saturated carbocycles. The molecule has 52 valence electrons. The summed E-state index contributed by atoms with van der Waals surface area (Å²) in [5, 5.41) is 0. The lowest BCUT2D eigenvalue weighted by atomic mass is 10.2. The average Bonchev–Trinajstić information content (AvgIpc) is 1.79. The monoisotopic (exact) mass is 127 g/mol. The Kier molecular flexibility index (Phi) is 2.55. The molecule has 0 aliphatic carbocycles. The Morgan fingerprint density at radius 2 is 2.22 bits per heavy atom. The van der Waals surface area contributed by atoms with Crippen LogP contribution in [0.1, 0.15) is 26.2 Å². The summed E-state index contributed by atoms with van der Waals surface area (Å²) in [4.78, 5) is 4.18. The minimum Gasteiger partial charge on any atom is -0.481 e. The smallest absolute Gasteiger partial charge is 0.179 e. The van der Waals surface area contributed by atoms with Crippen LogP contribution < -0.4 is 0 Å². The van der Waals surface area contributed by atoms with E-state index in [0.29, 0.717) is 0 Å². The quantitative estimate of drug-likeness (QED) is 0.484. The predicted molar refractivity (Wildman–Crippen MR) is 37.8 cm³/mol. The number of hydrogen-bond donors (Lipinski definition) is 0. The molecule has 1 heterocycles. The summed E-state index contributed by atoms with van der Waals surface area (Å²) >= 11 is 0. The van der Waals surface area contributed by atoms with Gasteiger partial charge in [-0.05, 0) is 19.3 Å². The zero-order valence-corrected chi connectivity index (χ0v) is 5.89. The first-order valence-electron chi connectivity index (χ1n) is 3.53. The third-order valence-electron chi connectivity index (χ3n) is 1.45. The van der Waals surface area contributed by atoms with Gasteiger partial charge in [0.2, 0.25) is 0 Å². The summed E-state index contributed by atoms with van der Waals surface area (Å²) in [5.41, 5.74) is 0. The van der Waals surface area contributed by atoms with Gasteiger partial charge in [-0.25, -0.2) is 0 Å². The van der Waals surface area contributed by atoms with Gasteiger partial charge in [0.05, 0.1) is 6.61 Å². The first kappa shape index (κ1) is 6.59. The molecule has 0 bridgehead atoms. The maximum atomic E-state index is 5.23. The third-order valence-corrected chi connectivity index (χ3v) is 1.45. The van der Waals surface area contributed by atoms with E-state index in [1.54, 1.807) is 0 Å². The van der Waals surface area contributed by atoms with Crippen molar-refractivity contribution < 1.29 is 4.74 Å². The SMILES string of the molecule is CC1=NCCCCCO1. The van der Waals surface area contributed by atoms with Crippen molar-refractivity contribution in [3.8, 4) is 0 Å². The molecule has 0 spiro atoms. The summed E-state index contributed by atoms with van der Waals surface area (Å²) in [6.07, 6.45) is 3.67. The van der Waals surface area contributed by atoms with Crippen LogP contribution in [0.3, 0.4) is 0 Å². The van der Waals surface area contributed by atoms with Gasteiger partial charge in [0.15, 0.2) is 5.90 Å². The molecule has 0 amide bonds. The van der Waals surface area contributed by atoms with Gasteiger partial charge in [-0.1, -0.05) is 0 Å². The molecule has 9 heavy (non-hydrogen) atoms. The molecule has 0 aromatic rings. The van der Waals surface area contributed by atoms with Crippen LogP contribution in [0, 0.1) is 0 Å². The molecule has 0 aromatic heterocycles. The highest BCUT2D eigenvalue weighted by atomic mass is 16.5. The summed E-state index contributed by atoms with van der Waals surface area (Å²) in [5.74, 6) is 0.856. The first-order chi connectivity index (χ1) is 4.39. The van der Waals surface area contributed by atoms with Crippen LogP contribution in [-0.2, 0) is 4.74 Å². The Morgan fingerprint density at radius 1 is 1.33 bits per heavy atom. The third kappa shape index (κ3) is 2.49. The van der Waals surface area contributed by atoms with Crippen LogP contribution in [0.15, 0.2) is 4.99 Å². The summed E-state index contributed by atoms with van der Waals surface area (Å²) in [6.45, 7) is 3.73. The Bertz CT molecular complexity index is 109. The van der Waals surface area contributed by atoms with E-state index in [4.69, 9.17) is 4.74 Å². The van der Waals surface area contributed by atoms with E-state index in [1.807, 2.05) is 6.92 Å². The lowest BCUT2D eigenvalue weighted by molar-refractivity contribution is 0.283. The molecule has 1 rings (SSSR count). The normalized spacial score (nSPS) is 21.2. The molecule has 0 fully saturated rings. The number of hydrogen-bond acceptors (Lipinski definition) is 2. The van der Waals surface area contributed by atoms with Crippen molar-refractivity contribution in [1.29, 1.82) is 0 Å². The highest BCUT2D eigenvalue weighted by Gasteiger charge is 1.96. The minimum atomic E-state index is 0.856.